The molecule has 3 N–H and O–H groups in total. The average Bonchev–Trinajstić information content (AvgIpc) is 2.35. The van der Waals surface area contributed by atoms with E-state index in [1.165, 1.54) is 0 Å². The first-order chi connectivity index (χ1) is 8.47. The van der Waals surface area contributed by atoms with Gasteiger partial charge in [-0.3, -0.25) is 0 Å². The van der Waals surface area contributed by atoms with Crippen LogP contribution in [0.25, 0.3) is 0 Å². The molecule has 0 aromatic heterocycles. The topological polar surface area (TPSA) is 67.8 Å². The normalized spacial score (nSPS) is 11.7. The summed E-state index contributed by atoms with van der Waals surface area (Å²) in [7, 11) is 0. The molecule has 1 rings (SSSR count). The van der Waals surface area contributed by atoms with Crippen LogP contribution in [0.1, 0.15) is 12.8 Å². The second kappa shape index (κ2) is 6.08. The summed E-state index contributed by atoms with van der Waals surface area (Å²) in [4.78, 5) is 0. The van der Waals surface area contributed by atoms with Gasteiger partial charge in [-0.15, -0.1) is 0 Å². The van der Waals surface area contributed by atoms with Gasteiger partial charge in [-0.1, -0.05) is 5.16 Å². The number of rotatable bonds is 5. The first kappa shape index (κ1) is 14.1. The maximum Gasteiger partial charge on any atom is 0.203 e. The summed E-state index contributed by atoms with van der Waals surface area (Å²) in [5.41, 5.74) is 5.14. The quantitative estimate of drug-likeness (QED) is 0.163. The first-order valence-electron chi connectivity index (χ1n) is 4.89. The molecule has 1 aromatic carbocycles. The van der Waals surface area contributed by atoms with Gasteiger partial charge in [-0.2, -0.15) is 8.78 Å². The molecule has 100 valence electrons. The molecule has 0 saturated carbocycles. The fourth-order valence-electron chi connectivity index (χ4n) is 1.16. The Kier molecular flexibility index (Phi) is 4.75. The zero-order chi connectivity index (χ0) is 13.7. The van der Waals surface area contributed by atoms with Crippen LogP contribution in [0.4, 0.5) is 17.6 Å². The first-order valence-corrected chi connectivity index (χ1v) is 4.89. The van der Waals surface area contributed by atoms with Gasteiger partial charge < -0.3 is 15.7 Å². The van der Waals surface area contributed by atoms with Crippen LogP contribution in [0, 0.1) is 23.3 Å². The molecule has 0 aliphatic rings. The Balaban J connectivity index is 2.68. The molecule has 0 saturated heterocycles. The van der Waals surface area contributed by atoms with E-state index < -0.39 is 29.0 Å². The van der Waals surface area contributed by atoms with Crippen LogP contribution < -0.4 is 10.5 Å². The van der Waals surface area contributed by atoms with Crippen molar-refractivity contribution >= 4 is 5.84 Å². The second-order valence-electron chi connectivity index (χ2n) is 3.34. The van der Waals surface area contributed by atoms with Gasteiger partial charge in [0.1, 0.15) is 5.84 Å². The number of nitrogens with zero attached hydrogens (tertiary/aromatic N) is 1. The molecule has 0 aliphatic heterocycles. The molecule has 0 heterocycles. The van der Waals surface area contributed by atoms with E-state index >= 15 is 0 Å². The van der Waals surface area contributed by atoms with Crippen LogP contribution in [0.2, 0.25) is 0 Å². The Labute approximate surface area is 99.7 Å². The van der Waals surface area contributed by atoms with Crippen LogP contribution in [-0.2, 0) is 0 Å². The highest BCUT2D eigenvalue weighted by molar-refractivity contribution is 5.79. The molecule has 8 heteroatoms. The maximum atomic E-state index is 13.1. The molecule has 0 radical (unpaired) electrons. The molecule has 0 bridgehead atoms. The molecule has 0 atom stereocenters. The average molecular weight is 266 g/mol. The lowest BCUT2D eigenvalue weighted by atomic mass is 10.3. The predicted molar refractivity (Wildman–Crippen MR) is 54.4 cm³/mol. The number of amidine groups is 1. The number of oxime groups is 1. The van der Waals surface area contributed by atoms with Crippen LogP contribution in [-0.4, -0.2) is 17.6 Å². The van der Waals surface area contributed by atoms with Crippen molar-refractivity contribution in [2.75, 3.05) is 6.61 Å². The van der Waals surface area contributed by atoms with E-state index in [2.05, 4.69) is 9.89 Å². The van der Waals surface area contributed by atoms with Crippen molar-refractivity contribution in [3.8, 4) is 5.75 Å². The molecule has 1 aromatic rings. The van der Waals surface area contributed by atoms with E-state index in [1.807, 2.05) is 0 Å². The van der Waals surface area contributed by atoms with Gasteiger partial charge in [0.25, 0.3) is 0 Å². The summed E-state index contributed by atoms with van der Waals surface area (Å²) in [5.74, 6) is -7.49. The Morgan fingerprint density at radius 1 is 1.22 bits per heavy atom. The minimum atomic E-state index is -1.60. The highest BCUT2D eigenvalue weighted by Gasteiger charge is 2.20. The minimum Gasteiger partial charge on any atom is -0.487 e. The molecule has 18 heavy (non-hydrogen) atoms. The van der Waals surface area contributed by atoms with Crippen LogP contribution in [0.5, 0.6) is 5.75 Å². The lowest BCUT2D eigenvalue weighted by Crippen LogP contribution is -2.13. The number of nitrogens with two attached hydrogens (primary N) is 1. The molecule has 0 fully saturated rings. The molecule has 0 amide bonds. The van der Waals surface area contributed by atoms with Gasteiger partial charge >= 0.3 is 0 Å². The number of hydrogen-bond donors (Lipinski definition) is 2. The fraction of sp³-hybridized carbons (Fsp3) is 0.300. The third-order valence-corrected chi connectivity index (χ3v) is 2.02. The van der Waals surface area contributed by atoms with Crippen molar-refractivity contribution in [2.24, 2.45) is 10.9 Å². The van der Waals surface area contributed by atoms with Gasteiger partial charge in [0.05, 0.1) is 6.61 Å². The van der Waals surface area contributed by atoms with E-state index in [-0.39, 0.29) is 31.4 Å². The maximum absolute atomic E-state index is 13.1. The van der Waals surface area contributed by atoms with Gasteiger partial charge in [0, 0.05) is 12.5 Å². The predicted octanol–water partition coefficient (Wildman–Crippen LogP) is 2.15. The van der Waals surface area contributed by atoms with Crippen molar-refractivity contribution in [2.45, 2.75) is 12.8 Å². The number of halogens is 4. The van der Waals surface area contributed by atoms with Crippen molar-refractivity contribution in [3.05, 3.63) is 29.3 Å². The van der Waals surface area contributed by atoms with Crippen LogP contribution in [0.3, 0.4) is 0 Å². The molecule has 0 unspecified atom stereocenters. The summed E-state index contributed by atoms with van der Waals surface area (Å²) in [5, 5.41) is 10.9. The zero-order valence-electron chi connectivity index (χ0n) is 9.09. The Bertz CT molecular complexity index is 439. The molecular formula is C10H10F4N2O2. The van der Waals surface area contributed by atoms with Gasteiger partial charge in [0.15, 0.2) is 17.4 Å². The van der Waals surface area contributed by atoms with Gasteiger partial charge in [0.2, 0.25) is 11.6 Å². The van der Waals surface area contributed by atoms with E-state index in [1.54, 1.807) is 0 Å². The van der Waals surface area contributed by atoms with E-state index in [9.17, 15) is 17.6 Å². The molecule has 4 nitrogen and oxygen atoms in total. The third kappa shape index (κ3) is 3.25. The fourth-order valence-corrected chi connectivity index (χ4v) is 1.16. The monoisotopic (exact) mass is 266 g/mol. The van der Waals surface area contributed by atoms with Gasteiger partial charge in [-0.05, 0) is 6.42 Å². The Hall–Kier alpha value is -1.99. The number of benzene rings is 1. The lowest BCUT2D eigenvalue weighted by molar-refractivity contribution is 0.268. The number of hydrogen-bond acceptors (Lipinski definition) is 3. The summed E-state index contributed by atoms with van der Waals surface area (Å²) in [6, 6.07) is 0.0912. The number of ether oxygens (including phenoxy) is 1. The highest BCUT2D eigenvalue weighted by Crippen LogP contribution is 2.26. The van der Waals surface area contributed by atoms with Crippen molar-refractivity contribution in [1.29, 1.82) is 0 Å². The molecule has 0 aliphatic carbocycles. The van der Waals surface area contributed by atoms with E-state index in [0.29, 0.717) is 0 Å². The zero-order valence-corrected chi connectivity index (χ0v) is 9.09. The Morgan fingerprint density at radius 3 is 2.28 bits per heavy atom. The lowest BCUT2D eigenvalue weighted by Gasteiger charge is -2.09. The smallest absolute Gasteiger partial charge is 0.203 e. The summed E-state index contributed by atoms with van der Waals surface area (Å²) in [6.45, 7) is -0.243. The SMILES string of the molecule is N/C(CCCOc1c(F)c(F)cc(F)c1F)=N/O. The van der Waals surface area contributed by atoms with Crippen molar-refractivity contribution in [3.63, 3.8) is 0 Å². The van der Waals surface area contributed by atoms with E-state index in [0.717, 1.165) is 0 Å². The third-order valence-electron chi connectivity index (χ3n) is 2.02. The van der Waals surface area contributed by atoms with Crippen LogP contribution >= 0.6 is 0 Å². The highest BCUT2D eigenvalue weighted by atomic mass is 19.2. The Morgan fingerprint density at radius 2 is 1.78 bits per heavy atom. The van der Waals surface area contributed by atoms with Gasteiger partial charge in [-0.25, -0.2) is 8.78 Å². The van der Waals surface area contributed by atoms with Crippen molar-refractivity contribution < 1.29 is 27.5 Å². The molecule has 0 spiro atoms. The summed E-state index contributed by atoms with van der Waals surface area (Å²) < 4.78 is 56.4. The van der Waals surface area contributed by atoms with E-state index in [4.69, 9.17) is 10.9 Å². The standard InChI is InChI=1S/C10H10F4N2O2/c11-5-4-6(12)9(14)10(8(5)13)18-3-1-2-7(15)16-17/h4,17H,1-3H2,(H2,15,16). The summed E-state index contributed by atoms with van der Waals surface area (Å²) >= 11 is 0. The van der Waals surface area contributed by atoms with Crippen molar-refractivity contribution in [1.82, 2.24) is 0 Å². The molecular weight excluding hydrogens is 256 g/mol. The largest absolute Gasteiger partial charge is 0.487 e. The summed E-state index contributed by atoms with van der Waals surface area (Å²) in [6.07, 6.45) is 0.268. The minimum absolute atomic E-state index is 0.0912. The van der Waals surface area contributed by atoms with Crippen LogP contribution in [0.15, 0.2) is 11.2 Å². The second-order valence-corrected chi connectivity index (χ2v) is 3.34.